The number of carboxylic acids is 4. The summed E-state index contributed by atoms with van der Waals surface area (Å²) in [4.78, 5) is 46.0. The Morgan fingerprint density at radius 3 is 1.91 bits per heavy atom. The van der Waals surface area contributed by atoms with Crippen LogP contribution in [-0.2, 0) is 6.42 Å². The van der Waals surface area contributed by atoms with Gasteiger partial charge in [-0.15, -0.1) is 0 Å². The average molecular weight is 462 g/mol. The van der Waals surface area contributed by atoms with Gasteiger partial charge in [-0.3, -0.25) is 0 Å². The third-order valence-electron chi connectivity index (χ3n) is 5.75. The monoisotopic (exact) mass is 462 g/mol. The van der Waals surface area contributed by atoms with Crippen LogP contribution in [0.5, 0.6) is 11.5 Å². The normalized spacial score (nSPS) is 17.2. The number of carboxylic acid groups (broad SMARTS) is 4. The first-order valence-corrected chi connectivity index (χ1v) is 9.89. The molecule has 0 bridgehead atoms. The first kappa shape index (κ1) is 21.0. The summed E-state index contributed by atoms with van der Waals surface area (Å²) < 4.78 is 11.8. The second-order valence-electron chi connectivity index (χ2n) is 7.83. The molecule has 0 aromatic heterocycles. The van der Waals surface area contributed by atoms with Crippen LogP contribution >= 0.6 is 0 Å². The molecule has 0 radical (unpaired) electrons. The second-order valence-corrected chi connectivity index (χ2v) is 7.83. The van der Waals surface area contributed by atoms with E-state index in [2.05, 4.69) is 0 Å². The zero-order valence-corrected chi connectivity index (χ0v) is 17.1. The van der Waals surface area contributed by atoms with Crippen molar-refractivity contribution in [2.75, 3.05) is 0 Å². The van der Waals surface area contributed by atoms with E-state index >= 15 is 0 Å². The Kier molecular flexibility index (Phi) is 4.54. The van der Waals surface area contributed by atoms with E-state index in [0.717, 1.165) is 11.6 Å². The Hall–Kier alpha value is -4.86. The van der Waals surface area contributed by atoms with Crippen molar-refractivity contribution in [3.63, 3.8) is 0 Å². The summed E-state index contributed by atoms with van der Waals surface area (Å²) in [5, 5.41) is 37.5. The van der Waals surface area contributed by atoms with E-state index in [1.54, 1.807) is 18.2 Å². The molecule has 1 atom stereocenters. The van der Waals surface area contributed by atoms with Gasteiger partial charge in [0.15, 0.2) is 0 Å². The molecule has 170 valence electrons. The lowest BCUT2D eigenvalue weighted by molar-refractivity contribution is 0.0650. The van der Waals surface area contributed by atoms with E-state index in [1.807, 2.05) is 0 Å². The topological polar surface area (TPSA) is 168 Å². The predicted molar refractivity (Wildman–Crippen MR) is 114 cm³/mol. The number of allylic oxidation sites excluding steroid dienone is 1. The fraction of sp³-hybridized carbons (Fsp3) is 0.0833. The van der Waals surface area contributed by atoms with Crippen molar-refractivity contribution in [2.24, 2.45) is 0 Å². The maximum atomic E-state index is 11.5. The largest absolute Gasteiger partial charge is 0.481 e. The minimum atomic E-state index is -1.40. The van der Waals surface area contributed by atoms with Gasteiger partial charge in [0.1, 0.15) is 23.4 Å². The third-order valence-corrected chi connectivity index (χ3v) is 5.75. The van der Waals surface area contributed by atoms with Crippen LogP contribution < -0.4 is 9.47 Å². The number of hydrogen-bond donors (Lipinski definition) is 4. The van der Waals surface area contributed by atoms with Gasteiger partial charge in [-0.2, -0.15) is 0 Å². The summed E-state index contributed by atoms with van der Waals surface area (Å²) in [6.07, 6.45) is 4.76. The molecular weight excluding hydrogens is 448 g/mol. The summed E-state index contributed by atoms with van der Waals surface area (Å²) in [5.41, 5.74) is 0.756. The molecule has 0 spiro atoms. The molecule has 5 rings (SSSR count). The molecule has 1 aliphatic carbocycles. The van der Waals surface area contributed by atoms with E-state index in [-0.39, 0.29) is 28.2 Å². The summed E-state index contributed by atoms with van der Waals surface area (Å²) in [6, 6.07) is 4.85. The van der Waals surface area contributed by atoms with Crippen molar-refractivity contribution >= 4 is 30.0 Å². The quantitative estimate of drug-likeness (QED) is 0.530. The number of carbonyl (C=O) groups is 4. The number of aromatic carboxylic acids is 4. The number of rotatable bonds is 4. The van der Waals surface area contributed by atoms with Gasteiger partial charge in [0.05, 0.1) is 22.3 Å². The van der Waals surface area contributed by atoms with Gasteiger partial charge in [0, 0.05) is 23.6 Å². The molecule has 4 N–H and O–H groups in total. The highest BCUT2D eigenvalue weighted by atomic mass is 16.5. The van der Waals surface area contributed by atoms with Gasteiger partial charge in [-0.05, 0) is 47.6 Å². The molecule has 2 aromatic rings. The van der Waals surface area contributed by atoms with E-state index in [9.17, 15) is 39.6 Å². The first-order valence-electron chi connectivity index (χ1n) is 9.89. The fourth-order valence-electron chi connectivity index (χ4n) is 4.18. The molecule has 10 nitrogen and oxygen atoms in total. The second kappa shape index (κ2) is 7.34. The Labute approximate surface area is 190 Å². The zero-order chi connectivity index (χ0) is 24.3. The standard InChI is InChI=1S/C24H14O10/c25-21(26)13-4-11-2-9-1-10-3-12-5-14(22(27)28)16(24(31)32)7-18(12)34-20(10)8-19(9)33-17(11)6-15(13)23(29)30/h1-2,4-8,20H,3H2,(H,25,26)(H,27,28)(H,29,30)(H,31,32). The third kappa shape index (κ3) is 3.28. The highest BCUT2D eigenvalue weighted by molar-refractivity contribution is 6.03. The van der Waals surface area contributed by atoms with Gasteiger partial charge in [-0.25, -0.2) is 19.2 Å². The number of ether oxygens (including phenoxy) is 2. The lowest BCUT2D eigenvalue weighted by atomic mass is 9.87. The number of hydrogen-bond acceptors (Lipinski definition) is 6. The molecule has 1 unspecified atom stereocenters. The van der Waals surface area contributed by atoms with E-state index < -0.39 is 35.5 Å². The summed E-state index contributed by atoms with van der Waals surface area (Å²) in [5.74, 6) is -4.76. The van der Waals surface area contributed by atoms with Gasteiger partial charge < -0.3 is 29.9 Å². The molecule has 0 amide bonds. The molecule has 34 heavy (non-hydrogen) atoms. The van der Waals surface area contributed by atoms with Crippen LogP contribution in [0, 0.1) is 0 Å². The Bertz CT molecular complexity index is 1440. The maximum Gasteiger partial charge on any atom is 0.336 e. The molecule has 0 saturated heterocycles. The highest BCUT2D eigenvalue weighted by Gasteiger charge is 2.33. The molecule has 3 aliphatic rings. The van der Waals surface area contributed by atoms with Crippen LogP contribution in [0.2, 0.25) is 0 Å². The fourth-order valence-corrected chi connectivity index (χ4v) is 4.18. The molecule has 2 aromatic carbocycles. The predicted octanol–water partition coefficient (Wildman–Crippen LogP) is 3.08. The smallest absolute Gasteiger partial charge is 0.336 e. The van der Waals surface area contributed by atoms with Gasteiger partial charge in [0.2, 0.25) is 0 Å². The van der Waals surface area contributed by atoms with Gasteiger partial charge >= 0.3 is 23.9 Å². The zero-order valence-electron chi connectivity index (χ0n) is 17.1. The average Bonchev–Trinajstić information content (AvgIpc) is 2.78. The van der Waals surface area contributed by atoms with Crippen molar-refractivity contribution in [1.82, 2.24) is 0 Å². The van der Waals surface area contributed by atoms with Crippen LogP contribution in [0.4, 0.5) is 0 Å². The summed E-state index contributed by atoms with van der Waals surface area (Å²) in [7, 11) is 0. The maximum absolute atomic E-state index is 11.5. The Morgan fingerprint density at radius 2 is 1.29 bits per heavy atom. The number of fused-ring (bicyclic) bond motifs is 4. The molecule has 0 fully saturated rings. The molecule has 2 aliphatic heterocycles. The van der Waals surface area contributed by atoms with Crippen LogP contribution in [-0.4, -0.2) is 50.4 Å². The van der Waals surface area contributed by atoms with Crippen LogP contribution in [0.25, 0.3) is 6.08 Å². The van der Waals surface area contributed by atoms with Crippen molar-refractivity contribution in [3.05, 3.63) is 86.7 Å². The van der Waals surface area contributed by atoms with Crippen LogP contribution in [0.1, 0.15) is 52.6 Å². The van der Waals surface area contributed by atoms with Gasteiger partial charge in [-0.1, -0.05) is 0 Å². The van der Waals surface area contributed by atoms with Gasteiger partial charge in [0.25, 0.3) is 0 Å². The Balaban J connectivity index is 1.57. The van der Waals surface area contributed by atoms with Crippen LogP contribution in [0.15, 0.2) is 53.3 Å². The Morgan fingerprint density at radius 1 is 0.735 bits per heavy atom. The minimum Gasteiger partial charge on any atom is -0.481 e. The van der Waals surface area contributed by atoms with Crippen LogP contribution in [0.3, 0.4) is 0 Å². The van der Waals surface area contributed by atoms with Crippen molar-refractivity contribution in [1.29, 1.82) is 0 Å². The van der Waals surface area contributed by atoms with E-state index in [0.29, 0.717) is 28.9 Å². The summed E-state index contributed by atoms with van der Waals surface area (Å²) in [6.45, 7) is 0. The minimum absolute atomic E-state index is 0.171. The molecular formula is C24H14O10. The molecule has 2 heterocycles. The SMILES string of the molecule is O=C(O)c1cc2c(cc1C(=O)O)OC1=CC3Oc4cc(C(=O)O)c(C(=O)O)cc4CC3=CC1=C2. The number of benzene rings is 2. The first-order chi connectivity index (χ1) is 16.1. The van der Waals surface area contributed by atoms with E-state index in [4.69, 9.17) is 9.47 Å². The molecule has 10 heteroatoms. The van der Waals surface area contributed by atoms with Crippen molar-refractivity contribution in [2.45, 2.75) is 12.5 Å². The molecule has 0 saturated carbocycles. The lowest BCUT2D eigenvalue weighted by Gasteiger charge is -2.32. The van der Waals surface area contributed by atoms with Crippen molar-refractivity contribution < 1.29 is 49.1 Å². The summed E-state index contributed by atoms with van der Waals surface area (Å²) >= 11 is 0. The highest BCUT2D eigenvalue weighted by Crippen LogP contribution is 2.41. The van der Waals surface area contributed by atoms with Crippen molar-refractivity contribution in [3.8, 4) is 11.5 Å². The van der Waals surface area contributed by atoms with E-state index in [1.165, 1.54) is 18.2 Å². The lowest BCUT2D eigenvalue weighted by Crippen LogP contribution is -2.28.